The van der Waals surface area contributed by atoms with E-state index in [-0.39, 0.29) is 12.4 Å². The lowest BCUT2D eigenvalue weighted by atomic mass is 10.1. The third kappa shape index (κ3) is 3.31. The average molecular weight is 262 g/mol. The van der Waals surface area contributed by atoms with Crippen molar-refractivity contribution in [1.29, 1.82) is 0 Å². The maximum atomic E-state index is 11.4. The second kappa shape index (κ2) is 5.99. The Hall–Kier alpha value is -2.37. The topological polar surface area (TPSA) is 74.5 Å². The molecule has 0 N–H and O–H groups in total. The number of hydrogen-bond acceptors (Lipinski definition) is 6. The monoisotopic (exact) mass is 262 g/mol. The van der Waals surface area contributed by atoms with E-state index in [1.807, 2.05) is 24.3 Å². The molecule has 0 unspecified atom stereocenters. The first kappa shape index (κ1) is 13.1. The van der Waals surface area contributed by atoms with Gasteiger partial charge in [0.2, 0.25) is 5.89 Å². The van der Waals surface area contributed by atoms with Gasteiger partial charge in [0.25, 0.3) is 5.82 Å². The zero-order valence-electron chi connectivity index (χ0n) is 10.8. The molecule has 2 rings (SSSR count). The molecule has 1 aromatic heterocycles. The Kier molecular flexibility index (Phi) is 4.12. The Labute approximate surface area is 110 Å². The number of carbonyl (C=O) groups excluding carboxylic acids is 1. The van der Waals surface area contributed by atoms with Crippen molar-refractivity contribution < 1.29 is 18.8 Å². The summed E-state index contributed by atoms with van der Waals surface area (Å²) in [6.45, 7) is 1.99. The number of benzene rings is 1. The van der Waals surface area contributed by atoms with Gasteiger partial charge in [-0.1, -0.05) is 12.1 Å². The van der Waals surface area contributed by atoms with Crippen molar-refractivity contribution in [2.45, 2.75) is 13.3 Å². The Morgan fingerprint density at radius 3 is 3.00 bits per heavy atom. The van der Waals surface area contributed by atoms with Gasteiger partial charge in [-0.05, 0) is 29.8 Å². The summed E-state index contributed by atoms with van der Waals surface area (Å²) in [6.07, 6.45) is 0.434. The van der Waals surface area contributed by atoms with Gasteiger partial charge in [-0.15, -0.1) is 0 Å². The molecule has 2 aromatic rings. The molecule has 0 amide bonds. The fraction of sp³-hybridized carbons (Fsp3) is 0.308. The summed E-state index contributed by atoms with van der Waals surface area (Å²) >= 11 is 0. The molecule has 0 bridgehead atoms. The molecular formula is C13H14N2O4. The van der Waals surface area contributed by atoms with Crippen molar-refractivity contribution in [3.63, 3.8) is 0 Å². The van der Waals surface area contributed by atoms with Crippen LogP contribution in [0, 0.1) is 0 Å². The van der Waals surface area contributed by atoms with E-state index >= 15 is 0 Å². The van der Waals surface area contributed by atoms with Crippen LogP contribution in [-0.4, -0.2) is 29.8 Å². The van der Waals surface area contributed by atoms with E-state index in [1.165, 1.54) is 0 Å². The quantitative estimate of drug-likeness (QED) is 0.765. The van der Waals surface area contributed by atoms with Gasteiger partial charge >= 0.3 is 5.97 Å². The summed E-state index contributed by atoms with van der Waals surface area (Å²) < 4.78 is 14.9. The maximum absolute atomic E-state index is 11.4. The van der Waals surface area contributed by atoms with Gasteiger partial charge in [0.05, 0.1) is 20.1 Å². The summed E-state index contributed by atoms with van der Waals surface area (Å²) in [6, 6.07) is 7.50. The maximum Gasteiger partial charge on any atom is 0.379 e. The molecule has 0 radical (unpaired) electrons. The molecular weight excluding hydrogens is 248 g/mol. The van der Waals surface area contributed by atoms with Crippen LogP contribution in [0.1, 0.15) is 29.0 Å². The SMILES string of the molecule is CCOC(=O)c1noc(Cc2cccc(OC)c2)n1. The third-order valence-electron chi connectivity index (χ3n) is 2.42. The van der Waals surface area contributed by atoms with Gasteiger partial charge < -0.3 is 14.0 Å². The summed E-state index contributed by atoms with van der Waals surface area (Å²) in [7, 11) is 1.60. The van der Waals surface area contributed by atoms with Crippen LogP contribution in [0.5, 0.6) is 5.75 Å². The van der Waals surface area contributed by atoms with Gasteiger partial charge in [-0.2, -0.15) is 4.98 Å². The van der Waals surface area contributed by atoms with Gasteiger partial charge in [-0.25, -0.2) is 4.79 Å². The molecule has 19 heavy (non-hydrogen) atoms. The highest BCUT2D eigenvalue weighted by molar-refractivity contribution is 5.84. The molecule has 100 valence electrons. The fourth-order valence-corrected chi connectivity index (χ4v) is 1.56. The Balaban J connectivity index is 2.09. The Bertz CT molecular complexity index is 565. The van der Waals surface area contributed by atoms with E-state index in [9.17, 15) is 4.79 Å². The number of methoxy groups -OCH3 is 1. The average Bonchev–Trinajstić information content (AvgIpc) is 2.88. The Morgan fingerprint density at radius 1 is 1.42 bits per heavy atom. The predicted molar refractivity (Wildman–Crippen MR) is 66.1 cm³/mol. The van der Waals surface area contributed by atoms with Crippen LogP contribution >= 0.6 is 0 Å². The molecule has 0 fully saturated rings. The van der Waals surface area contributed by atoms with Crippen molar-refractivity contribution in [3.05, 3.63) is 41.5 Å². The number of rotatable bonds is 5. The fourth-order valence-electron chi connectivity index (χ4n) is 1.56. The zero-order chi connectivity index (χ0) is 13.7. The molecule has 0 atom stereocenters. The third-order valence-corrected chi connectivity index (χ3v) is 2.42. The molecule has 0 saturated heterocycles. The number of hydrogen-bond donors (Lipinski definition) is 0. The smallest absolute Gasteiger partial charge is 0.379 e. The van der Waals surface area contributed by atoms with Crippen LogP contribution in [0.3, 0.4) is 0 Å². The van der Waals surface area contributed by atoms with E-state index in [0.717, 1.165) is 11.3 Å². The molecule has 0 aliphatic rings. The van der Waals surface area contributed by atoms with Gasteiger partial charge in [0.15, 0.2) is 0 Å². The van der Waals surface area contributed by atoms with Gasteiger partial charge in [0, 0.05) is 0 Å². The standard InChI is InChI=1S/C13H14N2O4/c1-3-18-13(16)12-14-11(19-15-12)8-9-5-4-6-10(7-9)17-2/h4-7H,3,8H2,1-2H3. The molecule has 1 aromatic carbocycles. The minimum atomic E-state index is -0.580. The summed E-state index contributed by atoms with van der Waals surface area (Å²) in [4.78, 5) is 15.4. The lowest BCUT2D eigenvalue weighted by molar-refractivity contribution is 0.0508. The minimum Gasteiger partial charge on any atom is -0.497 e. The molecule has 0 aliphatic heterocycles. The highest BCUT2D eigenvalue weighted by Crippen LogP contribution is 2.15. The second-order valence-electron chi connectivity index (χ2n) is 3.76. The number of carbonyl (C=O) groups is 1. The van der Waals surface area contributed by atoms with Crippen LogP contribution in [0.25, 0.3) is 0 Å². The van der Waals surface area contributed by atoms with E-state index in [4.69, 9.17) is 14.0 Å². The number of ether oxygens (including phenoxy) is 2. The highest BCUT2D eigenvalue weighted by Gasteiger charge is 2.15. The first-order valence-electron chi connectivity index (χ1n) is 5.85. The Morgan fingerprint density at radius 2 is 2.26 bits per heavy atom. The lowest BCUT2D eigenvalue weighted by Gasteiger charge is -2.01. The molecule has 0 spiro atoms. The van der Waals surface area contributed by atoms with Crippen molar-refractivity contribution >= 4 is 5.97 Å². The summed E-state index contributed by atoms with van der Waals surface area (Å²) in [5, 5.41) is 3.58. The molecule has 0 aliphatic carbocycles. The van der Waals surface area contributed by atoms with E-state index in [2.05, 4.69) is 10.1 Å². The zero-order valence-corrected chi connectivity index (χ0v) is 10.8. The van der Waals surface area contributed by atoms with Crippen LogP contribution in [0.4, 0.5) is 0 Å². The number of esters is 1. The van der Waals surface area contributed by atoms with Crippen molar-refractivity contribution in [3.8, 4) is 5.75 Å². The van der Waals surface area contributed by atoms with E-state index < -0.39 is 5.97 Å². The van der Waals surface area contributed by atoms with Crippen LogP contribution in [0.2, 0.25) is 0 Å². The lowest BCUT2D eigenvalue weighted by Crippen LogP contribution is -2.06. The second-order valence-corrected chi connectivity index (χ2v) is 3.76. The van der Waals surface area contributed by atoms with E-state index in [1.54, 1.807) is 14.0 Å². The minimum absolute atomic E-state index is 0.0558. The van der Waals surface area contributed by atoms with Crippen LogP contribution < -0.4 is 4.74 Å². The van der Waals surface area contributed by atoms with Crippen LogP contribution in [-0.2, 0) is 11.2 Å². The highest BCUT2D eigenvalue weighted by atomic mass is 16.5. The number of aromatic nitrogens is 2. The normalized spacial score (nSPS) is 10.2. The number of nitrogens with zero attached hydrogens (tertiary/aromatic N) is 2. The molecule has 6 heteroatoms. The molecule has 6 nitrogen and oxygen atoms in total. The van der Waals surface area contributed by atoms with Crippen molar-refractivity contribution in [2.24, 2.45) is 0 Å². The van der Waals surface area contributed by atoms with Crippen molar-refractivity contribution in [1.82, 2.24) is 10.1 Å². The first-order valence-corrected chi connectivity index (χ1v) is 5.85. The van der Waals surface area contributed by atoms with Gasteiger partial charge in [-0.3, -0.25) is 0 Å². The largest absolute Gasteiger partial charge is 0.497 e. The summed E-state index contributed by atoms with van der Waals surface area (Å²) in [5.41, 5.74) is 0.957. The summed E-state index contributed by atoms with van der Waals surface area (Å²) in [5.74, 6) is 0.474. The first-order chi connectivity index (χ1) is 9.22. The van der Waals surface area contributed by atoms with Crippen LogP contribution in [0.15, 0.2) is 28.8 Å². The molecule has 0 saturated carbocycles. The van der Waals surface area contributed by atoms with E-state index in [0.29, 0.717) is 12.3 Å². The molecule has 1 heterocycles. The van der Waals surface area contributed by atoms with Gasteiger partial charge in [0.1, 0.15) is 5.75 Å². The predicted octanol–water partition coefficient (Wildman–Crippen LogP) is 1.85. The van der Waals surface area contributed by atoms with Crippen molar-refractivity contribution in [2.75, 3.05) is 13.7 Å².